The van der Waals surface area contributed by atoms with Crippen LogP contribution in [0.2, 0.25) is 0 Å². The molecule has 5 rings (SSSR count). The predicted octanol–water partition coefficient (Wildman–Crippen LogP) is 9.28. The van der Waals surface area contributed by atoms with Gasteiger partial charge >= 0.3 is 0 Å². The SMILES string of the molecule is Cc1[c-]c(-c2cc(CC(C)(C)C)c3ccccc3n2)cc(C)c1.O=C(/C=C(\O)C1CCCC1)C1CCCC1.[Ir]. The second-order valence-electron chi connectivity index (χ2n) is 12.6. The third-order valence-corrected chi connectivity index (χ3v) is 7.77. The number of fused-ring (bicyclic) bond motifs is 1. The van der Waals surface area contributed by atoms with Crippen molar-refractivity contribution in [1.82, 2.24) is 4.98 Å². The number of allylic oxidation sites excluding steroid dienone is 2. The number of carbonyl (C=O) groups is 1. The van der Waals surface area contributed by atoms with Gasteiger partial charge in [-0.3, -0.25) is 9.78 Å². The van der Waals surface area contributed by atoms with Crippen molar-refractivity contribution in [2.24, 2.45) is 17.3 Å². The van der Waals surface area contributed by atoms with Crippen LogP contribution in [0.3, 0.4) is 0 Å². The molecule has 1 radical (unpaired) electrons. The van der Waals surface area contributed by atoms with E-state index in [0.717, 1.165) is 54.4 Å². The van der Waals surface area contributed by atoms with Crippen LogP contribution in [-0.2, 0) is 31.3 Å². The van der Waals surface area contributed by atoms with Crippen molar-refractivity contribution >= 4 is 16.7 Å². The quantitative estimate of drug-likeness (QED) is 0.164. The second kappa shape index (κ2) is 13.9. The summed E-state index contributed by atoms with van der Waals surface area (Å²) in [6.45, 7) is 11.1. The number of ketones is 1. The monoisotopic (exact) mass is 703 g/mol. The van der Waals surface area contributed by atoms with Gasteiger partial charge in [0, 0.05) is 43.4 Å². The molecule has 2 aliphatic rings. The summed E-state index contributed by atoms with van der Waals surface area (Å²) in [6.07, 6.45) is 11.4. The molecule has 3 aromatic rings. The molecular formula is C35H44IrNO2-. The second-order valence-corrected chi connectivity index (χ2v) is 12.6. The number of hydrogen-bond donors (Lipinski definition) is 1. The van der Waals surface area contributed by atoms with Crippen molar-refractivity contribution in [3.05, 3.63) is 77.1 Å². The number of nitrogens with zero attached hydrogens (tertiary/aromatic N) is 1. The van der Waals surface area contributed by atoms with Crippen LogP contribution < -0.4 is 0 Å². The summed E-state index contributed by atoms with van der Waals surface area (Å²) in [4.78, 5) is 16.7. The van der Waals surface area contributed by atoms with Crippen molar-refractivity contribution in [1.29, 1.82) is 0 Å². The van der Waals surface area contributed by atoms with E-state index in [9.17, 15) is 9.90 Å². The molecule has 0 unspecified atom stereocenters. The van der Waals surface area contributed by atoms with Crippen molar-refractivity contribution in [3.63, 3.8) is 0 Å². The Labute approximate surface area is 248 Å². The molecule has 1 heterocycles. The number of aryl methyl sites for hydroxylation is 2. The van der Waals surface area contributed by atoms with Crippen LogP contribution in [0.5, 0.6) is 0 Å². The molecular weight excluding hydrogens is 659 g/mol. The van der Waals surface area contributed by atoms with Gasteiger partial charge in [0.15, 0.2) is 5.78 Å². The predicted molar refractivity (Wildman–Crippen MR) is 158 cm³/mol. The van der Waals surface area contributed by atoms with E-state index in [4.69, 9.17) is 4.98 Å². The number of benzene rings is 2. The molecule has 39 heavy (non-hydrogen) atoms. The van der Waals surface area contributed by atoms with E-state index < -0.39 is 0 Å². The van der Waals surface area contributed by atoms with Crippen LogP contribution >= 0.6 is 0 Å². The molecule has 1 aromatic heterocycles. The van der Waals surface area contributed by atoms with Crippen LogP contribution in [-0.4, -0.2) is 15.9 Å². The number of aromatic nitrogens is 1. The molecule has 0 atom stereocenters. The van der Waals surface area contributed by atoms with Gasteiger partial charge < -0.3 is 5.11 Å². The molecule has 211 valence electrons. The molecule has 0 spiro atoms. The Hall–Kier alpha value is -2.29. The zero-order chi connectivity index (χ0) is 27.3. The Kier molecular flexibility index (Phi) is 11.1. The molecule has 2 aliphatic carbocycles. The zero-order valence-electron chi connectivity index (χ0n) is 24.3. The van der Waals surface area contributed by atoms with Gasteiger partial charge in [0.05, 0.1) is 11.3 Å². The van der Waals surface area contributed by atoms with E-state index in [1.54, 1.807) is 0 Å². The van der Waals surface area contributed by atoms with Gasteiger partial charge in [0.1, 0.15) is 0 Å². The standard InChI is InChI=1S/C22H24N.C13H20O2.Ir/c1-15-10-16(2)12-17(11-15)21-13-18(14-22(3,4)5)19-8-6-7-9-20(19)23-21;14-12(10-5-1-2-6-10)9-13(15)11-7-3-4-8-11;/h6-11,13H,14H2,1-5H3;9-11,14H,1-8H2;/q-1;;/b;12-9-;. The Bertz CT molecular complexity index is 1270. The number of rotatable bonds is 5. The fourth-order valence-electron chi connectivity index (χ4n) is 5.95. The molecule has 0 saturated heterocycles. The topological polar surface area (TPSA) is 50.2 Å². The fraction of sp³-hybridized carbons (Fsp3) is 0.486. The fourth-order valence-corrected chi connectivity index (χ4v) is 5.95. The van der Waals surface area contributed by atoms with Crippen LogP contribution in [0.15, 0.2) is 54.3 Å². The first kappa shape index (κ1) is 31.2. The Balaban J connectivity index is 0.000000228. The van der Waals surface area contributed by atoms with E-state index in [0.29, 0.717) is 5.76 Å². The maximum atomic E-state index is 11.8. The third-order valence-electron chi connectivity index (χ3n) is 7.77. The summed E-state index contributed by atoms with van der Waals surface area (Å²) in [7, 11) is 0. The van der Waals surface area contributed by atoms with Gasteiger partial charge in [0.25, 0.3) is 0 Å². The molecule has 0 amide bonds. The molecule has 1 N–H and O–H groups in total. The van der Waals surface area contributed by atoms with Gasteiger partial charge in [-0.05, 0) is 54.8 Å². The zero-order valence-corrected chi connectivity index (χ0v) is 26.7. The summed E-state index contributed by atoms with van der Waals surface area (Å²) in [5.74, 6) is 0.991. The first-order valence-corrected chi connectivity index (χ1v) is 14.4. The maximum Gasteiger partial charge on any atom is 0.162 e. The summed E-state index contributed by atoms with van der Waals surface area (Å²) in [6, 6.07) is 18.5. The normalized spacial score (nSPS) is 16.6. The van der Waals surface area contributed by atoms with E-state index in [1.165, 1.54) is 48.3 Å². The average molecular weight is 703 g/mol. The Morgan fingerprint density at radius 3 is 2.21 bits per heavy atom. The van der Waals surface area contributed by atoms with Gasteiger partial charge in [-0.1, -0.05) is 84.6 Å². The number of aliphatic hydroxyl groups is 1. The first-order valence-electron chi connectivity index (χ1n) is 14.4. The summed E-state index contributed by atoms with van der Waals surface area (Å²) >= 11 is 0. The van der Waals surface area contributed by atoms with Gasteiger partial charge in [-0.25, -0.2) is 0 Å². The third kappa shape index (κ3) is 8.85. The van der Waals surface area contributed by atoms with Gasteiger partial charge in [0.2, 0.25) is 0 Å². The average Bonchev–Trinajstić information content (AvgIpc) is 3.58. The number of hydrogen-bond acceptors (Lipinski definition) is 3. The Morgan fingerprint density at radius 1 is 0.974 bits per heavy atom. The maximum absolute atomic E-state index is 11.8. The summed E-state index contributed by atoms with van der Waals surface area (Å²) < 4.78 is 0. The molecule has 2 saturated carbocycles. The molecule has 2 fully saturated rings. The molecule has 0 aliphatic heterocycles. The number of para-hydroxylation sites is 1. The van der Waals surface area contributed by atoms with E-state index >= 15 is 0 Å². The largest absolute Gasteiger partial charge is 0.512 e. The van der Waals surface area contributed by atoms with E-state index in [-0.39, 0.29) is 43.1 Å². The Morgan fingerprint density at radius 2 is 1.59 bits per heavy atom. The van der Waals surface area contributed by atoms with Crippen LogP contribution in [0.4, 0.5) is 0 Å². The summed E-state index contributed by atoms with van der Waals surface area (Å²) in [5, 5.41) is 11.1. The van der Waals surface area contributed by atoms with Gasteiger partial charge in [-0.2, -0.15) is 0 Å². The summed E-state index contributed by atoms with van der Waals surface area (Å²) in [5.41, 5.74) is 7.20. The number of pyridine rings is 1. The van der Waals surface area contributed by atoms with Crippen molar-refractivity contribution in [3.8, 4) is 11.3 Å². The number of aliphatic hydroxyl groups excluding tert-OH is 1. The molecule has 4 heteroatoms. The van der Waals surface area contributed by atoms with Crippen LogP contribution in [0.25, 0.3) is 22.2 Å². The van der Waals surface area contributed by atoms with Crippen molar-refractivity contribution in [2.45, 2.75) is 92.4 Å². The first-order chi connectivity index (χ1) is 18.1. The van der Waals surface area contributed by atoms with Crippen LogP contribution in [0, 0.1) is 37.2 Å². The minimum absolute atomic E-state index is 0. The molecule has 3 nitrogen and oxygen atoms in total. The molecule has 2 aromatic carbocycles. The van der Waals surface area contributed by atoms with E-state index in [1.807, 2.05) is 0 Å². The van der Waals surface area contributed by atoms with Crippen molar-refractivity contribution < 1.29 is 30.0 Å². The van der Waals surface area contributed by atoms with Gasteiger partial charge in [-0.15, -0.1) is 34.9 Å². The minimum atomic E-state index is 0. The smallest absolute Gasteiger partial charge is 0.162 e. The molecule has 0 bridgehead atoms. The number of carbonyl (C=O) groups excluding carboxylic acids is 1. The van der Waals surface area contributed by atoms with E-state index in [2.05, 4.69) is 83.1 Å². The van der Waals surface area contributed by atoms with Crippen molar-refractivity contribution in [2.75, 3.05) is 0 Å². The minimum Gasteiger partial charge on any atom is -0.512 e. The van der Waals surface area contributed by atoms with Crippen LogP contribution in [0.1, 0.15) is 88.8 Å².